The summed E-state index contributed by atoms with van der Waals surface area (Å²) < 4.78 is 30.9. The Hall–Kier alpha value is -2.74. The van der Waals surface area contributed by atoms with Gasteiger partial charge in [-0.05, 0) is 78.9 Å². The van der Waals surface area contributed by atoms with Gasteiger partial charge in [0, 0.05) is 42.5 Å². The molecule has 1 aliphatic rings. The topological polar surface area (TPSA) is 73.8 Å². The van der Waals surface area contributed by atoms with E-state index in [-0.39, 0.29) is 18.1 Å². The molecule has 8 heteroatoms. The number of aromatic nitrogens is 2. The second-order valence-corrected chi connectivity index (χ2v) is 12.6. The van der Waals surface area contributed by atoms with E-state index < -0.39 is 23.8 Å². The van der Waals surface area contributed by atoms with Crippen LogP contribution in [-0.4, -0.2) is 53.5 Å². The third-order valence-corrected chi connectivity index (χ3v) is 6.82. The first-order valence-corrected chi connectivity index (χ1v) is 14.0. The highest BCUT2D eigenvalue weighted by Crippen LogP contribution is 2.43. The SMILES string of the molecule is Cc1ncc(-c2ccc(OCCC(C)F)cn2)c(N2CCC(C)(C)CC2)c1[C@H](OC(C)(C)C)C(=O)OC(C)C. The first-order valence-electron chi connectivity index (χ1n) is 14.0. The van der Waals surface area contributed by atoms with E-state index in [2.05, 4.69) is 23.7 Å². The zero-order valence-corrected chi connectivity index (χ0v) is 25.1. The molecule has 1 fully saturated rings. The van der Waals surface area contributed by atoms with E-state index in [1.54, 1.807) is 6.20 Å². The molecular formula is C31H46FN3O4. The van der Waals surface area contributed by atoms with Crippen LogP contribution in [0.4, 0.5) is 10.1 Å². The van der Waals surface area contributed by atoms with Crippen molar-refractivity contribution in [1.82, 2.24) is 9.97 Å². The van der Waals surface area contributed by atoms with Crippen LogP contribution in [0.3, 0.4) is 0 Å². The fourth-order valence-electron chi connectivity index (χ4n) is 4.62. The van der Waals surface area contributed by atoms with Gasteiger partial charge >= 0.3 is 5.97 Å². The number of hydrogen-bond donors (Lipinski definition) is 0. The second-order valence-electron chi connectivity index (χ2n) is 12.6. The quantitative estimate of drug-likeness (QED) is 0.298. The summed E-state index contributed by atoms with van der Waals surface area (Å²) in [6.07, 6.45) is 3.68. The molecule has 2 atom stereocenters. The maximum atomic E-state index is 13.5. The minimum Gasteiger partial charge on any atom is -0.492 e. The van der Waals surface area contributed by atoms with Gasteiger partial charge in [0.1, 0.15) is 11.9 Å². The van der Waals surface area contributed by atoms with Crippen molar-refractivity contribution in [3.8, 4) is 17.0 Å². The van der Waals surface area contributed by atoms with Crippen molar-refractivity contribution in [1.29, 1.82) is 0 Å². The van der Waals surface area contributed by atoms with Crippen LogP contribution in [0, 0.1) is 12.3 Å². The van der Waals surface area contributed by atoms with E-state index in [4.69, 9.17) is 19.2 Å². The molecule has 0 spiro atoms. The molecule has 0 saturated carbocycles. The summed E-state index contributed by atoms with van der Waals surface area (Å²) >= 11 is 0. The molecule has 3 rings (SSSR count). The Kier molecular flexibility index (Phi) is 9.97. The molecule has 2 aromatic rings. The van der Waals surface area contributed by atoms with Gasteiger partial charge in [-0.3, -0.25) is 9.97 Å². The molecule has 0 aromatic carbocycles. The van der Waals surface area contributed by atoms with Crippen LogP contribution in [0.2, 0.25) is 0 Å². The zero-order valence-electron chi connectivity index (χ0n) is 25.1. The lowest BCUT2D eigenvalue weighted by molar-refractivity contribution is -0.171. The molecule has 39 heavy (non-hydrogen) atoms. The van der Waals surface area contributed by atoms with Gasteiger partial charge in [0.05, 0.1) is 35.9 Å². The number of esters is 1. The van der Waals surface area contributed by atoms with E-state index in [9.17, 15) is 9.18 Å². The third kappa shape index (κ3) is 8.62. The largest absolute Gasteiger partial charge is 0.492 e. The number of hydrogen-bond acceptors (Lipinski definition) is 7. The molecule has 0 radical (unpaired) electrons. The molecule has 216 valence electrons. The van der Waals surface area contributed by atoms with Crippen LogP contribution in [0.25, 0.3) is 11.3 Å². The number of alkyl halides is 1. The van der Waals surface area contributed by atoms with Gasteiger partial charge in [-0.2, -0.15) is 0 Å². The lowest BCUT2D eigenvalue weighted by Gasteiger charge is -2.41. The number of rotatable bonds is 10. The van der Waals surface area contributed by atoms with Crippen LogP contribution in [-0.2, 0) is 14.3 Å². The molecule has 0 N–H and O–H groups in total. The number of halogens is 1. The molecule has 3 heterocycles. The maximum Gasteiger partial charge on any atom is 0.340 e. The molecular weight excluding hydrogens is 497 g/mol. The summed E-state index contributed by atoms with van der Waals surface area (Å²) in [5.74, 6) is 0.148. The third-order valence-electron chi connectivity index (χ3n) is 6.82. The first kappa shape index (κ1) is 30.8. The first-order chi connectivity index (χ1) is 18.2. The number of ether oxygens (including phenoxy) is 3. The van der Waals surface area contributed by atoms with Crippen LogP contribution in [0.1, 0.15) is 92.0 Å². The Labute approximate surface area is 233 Å². The maximum absolute atomic E-state index is 13.5. The fraction of sp³-hybridized carbons (Fsp3) is 0.645. The van der Waals surface area contributed by atoms with Crippen molar-refractivity contribution in [2.24, 2.45) is 5.41 Å². The molecule has 2 aromatic heterocycles. The van der Waals surface area contributed by atoms with Gasteiger partial charge in [0.15, 0.2) is 6.10 Å². The summed E-state index contributed by atoms with van der Waals surface area (Å²) in [7, 11) is 0. The molecule has 0 aliphatic carbocycles. The molecule has 0 bridgehead atoms. The van der Waals surface area contributed by atoms with E-state index in [1.165, 1.54) is 6.92 Å². The van der Waals surface area contributed by atoms with Crippen molar-refractivity contribution < 1.29 is 23.4 Å². The summed E-state index contributed by atoms with van der Waals surface area (Å²) in [6, 6.07) is 3.72. The fourth-order valence-corrected chi connectivity index (χ4v) is 4.62. The van der Waals surface area contributed by atoms with Gasteiger partial charge in [-0.25, -0.2) is 9.18 Å². The van der Waals surface area contributed by atoms with Crippen LogP contribution in [0.15, 0.2) is 24.5 Å². The summed E-state index contributed by atoms with van der Waals surface area (Å²) in [5, 5.41) is 0. The van der Waals surface area contributed by atoms with Crippen molar-refractivity contribution in [2.45, 2.75) is 106 Å². The van der Waals surface area contributed by atoms with Gasteiger partial charge in [-0.1, -0.05) is 13.8 Å². The second kappa shape index (κ2) is 12.6. The highest BCUT2D eigenvalue weighted by molar-refractivity contribution is 5.86. The van der Waals surface area contributed by atoms with E-state index in [1.807, 2.05) is 59.9 Å². The lowest BCUT2D eigenvalue weighted by Crippen LogP contribution is -2.39. The predicted molar refractivity (Wildman–Crippen MR) is 153 cm³/mol. The minimum absolute atomic E-state index is 0.241. The molecule has 1 unspecified atom stereocenters. The number of aryl methyl sites for hydroxylation is 1. The zero-order chi connectivity index (χ0) is 29.0. The number of nitrogens with zero attached hydrogens (tertiary/aromatic N) is 3. The Morgan fingerprint density at radius 3 is 2.31 bits per heavy atom. The van der Waals surface area contributed by atoms with Crippen LogP contribution in [0.5, 0.6) is 5.75 Å². The van der Waals surface area contributed by atoms with Crippen molar-refractivity contribution in [3.05, 3.63) is 35.8 Å². The predicted octanol–water partition coefficient (Wildman–Crippen LogP) is 7.01. The van der Waals surface area contributed by atoms with Gasteiger partial charge in [0.2, 0.25) is 0 Å². The summed E-state index contributed by atoms with van der Waals surface area (Å²) in [6.45, 7) is 19.4. The van der Waals surface area contributed by atoms with Crippen molar-refractivity contribution in [2.75, 3.05) is 24.6 Å². The molecule has 1 saturated heterocycles. The number of anilines is 1. The average molecular weight is 544 g/mol. The Balaban J connectivity index is 2.13. The number of carbonyl (C=O) groups is 1. The summed E-state index contributed by atoms with van der Waals surface area (Å²) in [4.78, 5) is 25.2. The minimum atomic E-state index is -0.949. The standard InChI is InChI=1S/C31H46FN3O4/c1-20(2)38-29(36)28(39-30(5,6)7)26-22(4)33-19-24(27(26)35-15-13-31(8,9)14-16-35)25-11-10-23(18-34-25)37-17-12-21(3)32/h10-11,18-21,28H,12-17H2,1-9H3/t21?,28-/m0/s1. The molecule has 0 amide bonds. The number of pyridine rings is 2. The highest BCUT2D eigenvalue weighted by Gasteiger charge is 2.37. The monoisotopic (exact) mass is 543 g/mol. The molecule has 1 aliphatic heterocycles. The van der Waals surface area contributed by atoms with Crippen molar-refractivity contribution >= 4 is 11.7 Å². The van der Waals surface area contributed by atoms with E-state index in [0.29, 0.717) is 29.1 Å². The van der Waals surface area contributed by atoms with E-state index >= 15 is 0 Å². The smallest absolute Gasteiger partial charge is 0.340 e. The van der Waals surface area contributed by atoms with Gasteiger partial charge < -0.3 is 19.1 Å². The number of piperidine rings is 1. The normalized spacial score (nSPS) is 17.2. The summed E-state index contributed by atoms with van der Waals surface area (Å²) in [5.41, 5.74) is 3.51. The van der Waals surface area contributed by atoms with Gasteiger partial charge in [0.25, 0.3) is 0 Å². The van der Waals surface area contributed by atoms with Crippen LogP contribution < -0.4 is 9.64 Å². The Morgan fingerprint density at radius 2 is 1.77 bits per heavy atom. The average Bonchev–Trinajstić information content (AvgIpc) is 2.82. The Bertz CT molecular complexity index is 1100. The highest BCUT2D eigenvalue weighted by atomic mass is 19.1. The number of carbonyl (C=O) groups excluding carboxylic acids is 1. The molecule has 7 nitrogen and oxygen atoms in total. The van der Waals surface area contributed by atoms with E-state index in [0.717, 1.165) is 37.2 Å². The Morgan fingerprint density at radius 1 is 1.10 bits per heavy atom. The van der Waals surface area contributed by atoms with Gasteiger partial charge in [-0.15, -0.1) is 0 Å². The van der Waals surface area contributed by atoms with Crippen LogP contribution >= 0.6 is 0 Å². The van der Waals surface area contributed by atoms with Crippen molar-refractivity contribution in [3.63, 3.8) is 0 Å². The lowest BCUT2D eigenvalue weighted by atomic mass is 9.82.